The minimum atomic E-state index is -1.07. The molecular formula is C27H30O6. The Labute approximate surface area is 194 Å². The standard InChI is InChI=1S/C27H30O6/c28-16-23-24(29)25(30-17-20-10-4-1-5-11-20)26(31-18-21-12-6-2-7-13-21)27(33-23)32-19-22-14-8-3-9-15-22/h1-15,23-29H,16-19H2/t23-,24+,25+,26+,27-/m1/s1. The van der Waals surface area contributed by atoms with E-state index in [2.05, 4.69) is 0 Å². The molecule has 33 heavy (non-hydrogen) atoms. The molecule has 5 atom stereocenters. The minimum Gasteiger partial charge on any atom is -0.394 e. The fourth-order valence-electron chi connectivity index (χ4n) is 3.83. The maximum atomic E-state index is 10.9. The number of hydrogen-bond acceptors (Lipinski definition) is 6. The van der Waals surface area contributed by atoms with Crippen molar-refractivity contribution in [1.29, 1.82) is 0 Å². The Kier molecular flexibility index (Phi) is 8.60. The molecule has 0 radical (unpaired) electrons. The average molecular weight is 451 g/mol. The van der Waals surface area contributed by atoms with Crippen LogP contribution in [0.2, 0.25) is 0 Å². The van der Waals surface area contributed by atoms with Crippen LogP contribution in [0.25, 0.3) is 0 Å². The van der Waals surface area contributed by atoms with Crippen LogP contribution >= 0.6 is 0 Å². The largest absolute Gasteiger partial charge is 0.394 e. The molecule has 1 heterocycles. The number of aliphatic hydroxyl groups excluding tert-OH is 2. The van der Waals surface area contributed by atoms with Gasteiger partial charge in [0.1, 0.15) is 24.4 Å². The van der Waals surface area contributed by atoms with E-state index in [0.717, 1.165) is 16.7 Å². The molecule has 0 amide bonds. The Morgan fingerprint density at radius 3 is 1.48 bits per heavy atom. The first-order valence-electron chi connectivity index (χ1n) is 11.2. The monoisotopic (exact) mass is 450 g/mol. The Hall–Kier alpha value is -2.58. The number of ether oxygens (including phenoxy) is 4. The molecule has 0 saturated carbocycles. The van der Waals surface area contributed by atoms with Crippen LogP contribution in [0.1, 0.15) is 16.7 Å². The second kappa shape index (κ2) is 12.0. The van der Waals surface area contributed by atoms with Gasteiger partial charge in [0.25, 0.3) is 0 Å². The van der Waals surface area contributed by atoms with Gasteiger partial charge >= 0.3 is 0 Å². The Balaban J connectivity index is 1.52. The van der Waals surface area contributed by atoms with Crippen LogP contribution in [0.5, 0.6) is 0 Å². The molecule has 1 saturated heterocycles. The third-order valence-corrected chi connectivity index (χ3v) is 5.63. The van der Waals surface area contributed by atoms with Crippen molar-refractivity contribution in [3.05, 3.63) is 108 Å². The topological polar surface area (TPSA) is 77.4 Å². The van der Waals surface area contributed by atoms with Gasteiger partial charge in [-0.3, -0.25) is 0 Å². The summed E-state index contributed by atoms with van der Waals surface area (Å²) < 4.78 is 24.4. The number of benzene rings is 3. The summed E-state index contributed by atoms with van der Waals surface area (Å²) in [5.41, 5.74) is 2.94. The molecule has 0 aliphatic carbocycles. The third-order valence-electron chi connectivity index (χ3n) is 5.63. The lowest BCUT2D eigenvalue weighted by Crippen LogP contribution is -2.60. The van der Waals surface area contributed by atoms with Crippen molar-refractivity contribution in [1.82, 2.24) is 0 Å². The van der Waals surface area contributed by atoms with Gasteiger partial charge in [-0.05, 0) is 16.7 Å². The number of hydrogen-bond donors (Lipinski definition) is 2. The van der Waals surface area contributed by atoms with Gasteiger partial charge in [-0.15, -0.1) is 0 Å². The van der Waals surface area contributed by atoms with E-state index in [0.29, 0.717) is 13.2 Å². The lowest BCUT2D eigenvalue weighted by atomic mass is 9.98. The molecule has 174 valence electrons. The molecule has 3 aromatic carbocycles. The van der Waals surface area contributed by atoms with Crippen molar-refractivity contribution >= 4 is 0 Å². The molecule has 1 fully saturated rings. The predicted molar refractivity (Wildman–Crippen MR) is 123 cm³/mol. The van der Waals surface area contributed by atoms with E-state index >= 15 is 0 Å². The van der Waals surface area contributed by atoms with E-state index in [1.54, 1.807) is 0 Å². The zero-order valence-corrected chi connectivity index (χ0v) is 18.4. The highest BCUT2D eigenvalue weighted by Gasteiger charge is 2.47. The highest BCUT2D eigenvalue weighted by atomic mass is 16.7. The lowest BCUT2D eigenvalue weighted by molar-refractivity contribution is -0.322. The maximum absolute atomic E-state index is 10.9. The first kappa shape index (κ1) is 23.6. The maximum Gasteiger partial charge on any atom is 0.187 e. The van der Waals surface area contributed by atoms with Crippen LogP contribution in [0.4, 0.5) is 0 Å². The van der Waals surface area contributed by atoms with Crippen molar-refractivity contribution < 1.29 is 29.2 Å². The lowest BCUT2D eigenvalue weighted by Gasteiger charge is -2.43. The van der Waals surface area contributed by atoms with Crippen molar-refractivity contribution in [3.63, 3.8) is 0 Å². The minimum absolute atomic E-state index is 0.289. The smallest absolute Gasteiger partial charge is 0.187 e. The second-order valence-corrected chi connectivity index (χ2v) is 8.04. The zero-order chi connectivity index (χ0) is 22.9. The molecule has 3 aromatic rings. The van der Waals surface area contributed by atoms with Crippen LogP contribution in [0, 0.1) is 0 Å². The molecule has 4 rings (SSSR count). The van der Waals surface area contributed by atoms with E-state index in [-0.39, 0.29) is 13.2 Å². The second-order valence-electron chi connectivity index (χ2n) is 8.04. The molecule has 0 aromatic heterocycles. The van der Waals surface area contributed by atoms with Gasteiger partial charge < -0.3 is 29.2 Å². The molecule has 6 nitrogen and oxygen atoms in total. The van der Waals surface area contributed by atoms with Gasteiger partial charge in [-0.1, -0.05) is 91.0 Å². The van der Waals surface area contributed by atoms with Crippen molar-refractivity contribution in [3.8, 4) is 0 Å². The quantitative estimate of drug-likeness (QED) is 0.493. The average Bonchev–Trinajstić information content (AvgIpc) is 2.88. The Morgan fingerprint density at radius 2 is 1.03 bits per heavy atom. The van der Waals surface area contributed by atoms with Crippen LogP contribution in [-0.2, 0) is 38.8 Å². The first-order chi connectivity index (χ1) is 16.2. The molecule has 1 aliphatic heterocycles. The van der Waals surface area contributed by atoms with Gasteiger partial charge in [0.2, 0.25) is 0 Å². The van der Waals surface area contributed by atoms with E-state index in [9.17, 15) is 10.2 Å². The van der Waals surface area contributed by atoms with E-state index in [1.165, 1.54) is 0 Å². The molecule has 0 unspecified atom stereocenters. The van der Waals surface area contributed by atoms with Gasteiger partial charge in [0.05, 0.1) is 26.4 Å². The Morgan fingerprint density at radius 1 is 0.606 bits per heavy atom. The van der Waals surface area contributed by atoms with Crippen LogP contribution in [0.15, 0.2) is 91.0 Å². The zero-order valence-electron chi connectivity index (χ0n) is 18.4. The molecule has 0 bridgehead atoms. The molecule has 2 N–H and O–H groups in total. The van der Waals surface area contributed by atoms with Crippen LogP contribution in [0.3, 0.4) is 0 Å². The Bertz CT molecular complexity index is 937. The van der Waals surface area contributed by atoms with Gasteiger partial charge in [0, 0.05) is 0 Å². The van der Waals surface area contributed by atoms with Crippen LogP contribution in [-0.4, -0.2) is 47.5 Å². The summed E-state index contributed by atoms with van der Waals surface area (Å²) in [5.74, 6) is 0. The fourth-order valence-corrected chi connectivity index (χ4v) is 3.83. The van der Waals surface area contributed by atoms with Crippen LogP contribution < -0.4 is 0 Å². The summed E-state index contributed by atoms with van der Waals surface area (Å²) in [7, 11) is 0. The summed E-state index contributed by atoms with van der Waals surface area (Å²) in [4.78, 5) is 0. The van der Waals surface area contributed by atoms with Gasteiger partial charge in [0.15, 0.2) is 6.29 Å². The number of aliphatic hydroxyl groups is 2. The highest BCUT2D eigenvalue weighted by Crippen LogP contribution is 2.29. The van der Waals surface area contributed by atoms with Gasteiger partial charge in [-0.2, -0.15) is 0 Å². The molecule has 6 heteroatoms. The first-order valence-corrected chi connectivity index (χ1v) is 11.2. The fraction of sp³-hybridized carbons (Fsp3) is 0.333. The summed E-state index contributed by atoms with van der Waals surface area (Å²) in [6.07, 6.45) is -4.19. The normalized spacial score (nSPS) is 25.1. The van der Waals surface area contributed by atoms with Crippen molar-refractivity contribution in [2.24, 2.45) is 0 Å². The summed E-state index contributed by atoms with van der Waals surface area (Å²) in [5, 5.41) is 20.8. The molecular weight excluding hydrogens is 420 g/mol. The summed E-state index contributed by atoms with van der Waals surface area (Å²) in [6.45, 7) is 0.540. The number of rotatable bonds is 10. The van der Waals surface area contributed by atoms with E-state index < -0.39 is 30.7 Å². The molecule has 0 spiro atoms. The van der Waals surface area contributed by atoms with Gasteiger partial charge in [-0.25, -0.2) is 0 Å². The van der Waals surface area contributed by atoms with E-state index in [1.807, 2.05) is 91.0 Å². The summed E-state index contributed by atoms with van der Waals surface area (Å²) >= 11 is 0. The van der Waals surface area contributed by atoms with Crippen molar-refractivity contribution in [2.75, 3.05) is 6.61 Å². The highest BCUT2D eigenvalue weighted by molar-refractivity contribution is 5.15. The SMILES string of the molecule is OC[C@H]1O[C@@H](OCc2ccccc2)[C@@H](OCc2ccccc2)[C@@H](OCc2ccccc2)[C@H]1O. The molecule has 1 aliphatic rings. The van der Waals surface area contributed by atoms with E-state index in [4.69, 9.17) is 18.9 Å². The third kappa shape index (κ3) is 6.48. The van der Waals surface area contributed by atoms with Crippen molar-refractivity contribution in [2.45, 2.75) is 50.5 Å². The predicted octanol–water partition coefficient (Wildman–Crippen LogP) is 3.45. The summed E-state index contributed by atoms with van der Waals surface area (Å²) in [6, 6.07) is 29.2.